The Kier molecular flexibility index (Phi) is 6.50. The van der Waals surface area contributed by atoms with Crippen molar-refractivity contribution in [2.24, 2.45) is 5.73 Å². The molecule has 4 rings (SSSR count). The van der Waals surface area contributed by atoms with Gasteiger partial charge in [-0.1, -0.05) is 72.3 Å². The first-order valence-electron chi connectivity index (χ1n) is 10.2. The number of carbonyl (C=O) groups is 1. The maximum Gasteiger partial charge on any atom is 0.406 e. The number of aryl methyl sites for hydroxylation is 1. The van der Waals surface area contributed by atoms with Crippen molar-refractivity contribution in [3.63, 3.8) is 0 Å². The number of primary amides is 1. The van der Waals surface area contributed by atoms with Gasteiger partial charge in [-0.3, -0.25) is 0 Å². The van der Waals surface area contributed by atoms with Crippen molar-refractivity contribution < 1.29 is 17.9 Å². The Labute approximate surface area is 192 Å². The summed E-state index contributed by atoms with van der Waals surface area (Å²) in [6.45, 7) is 0.229. The first-order valence-corrected chi connectivity index (χ1v) is 12.2. The Morgan fingerprint density at radius 3 is 2.28 bits per heavy atom. The SMILES string of the molecule is NC(=O)O[C@@H]1c2ccccc2CCN1S(=O)(=O)CCc1ccc(-c2ccc(Cl)cc2)cc1. The Bertz CT molecular complexity index is 1210. The molecule has 32 heavy (non-hydrogen) atoms. The molecule has 0 saturated heterocycles. The first kappa shape index (κ1) is 22.3. The minimum atomic E-state index is -3.70. The number of nitrogens with two attached hydrogens (primary N) is 1. The van der Waals surface area contributed by atoms with Gasteiger partial charge in [-0.2, -0.15) is 4.31 Å². The monoisotopic (exact) mass is 470 g/mol. The molecule has 0 aliphatic carbocycles. The van der Waals surface area contributed by atoms with E-state index in [1.54, 1.807) is 12.1 Å². The Morgan fingerprint density at radius 2 is 1.62 bits per heavy atom. The molecule has 1 aliphatic rings. The van der Waals surface area contributed by atoms with Crippen molar-refractivity contribution >= 4 is 27.7 Å². The molecule has 0 saturated carbocycles. The van der Waals surface area contributed by atoms with Crippen molar-refractivity contribution in [2.45, 2.75) is 19.1 Å². The van der Waals surface area contributed by atoms with Gasteiger partial charge in [-0.05, 0) is 47.2 Å². The molecule has 1 aliphatic heterocycles. The number of hydrogen-bond donors (Lipinski definition) is 1. The average Bonchev–Trinajstić information content (AvgIpc) is 2.78. The van der Waals surface area contributed by atoms with Crippen LogP contribution < -0.4 is 5.73 Å². The van der Waals surface area contributed by atoms with Crippen LogP contribution in [0, 0.1) is 0 Å². The normalized spacial score (nSPS) is 16.3. The topological polar surface area (TPSA) is 89.7 Å². The fourth-order valence-corrected chi connectivity index (χ4v) is 5.57. The lowest BCUT2D eigenvalue weighted by Gasteiger charge is -2.35. The molecule has 1 heterocycles. The van der Waals surface area contributed by atoms with E-state index >= 15 is 0 Å². The van der Waals surface area contributed by atoms with Crippen LogP contribution in [0.4, 0.5) is 4.79 Å². The zero-order valence-corrected chi connectivity index (χ0v) is 18.9. The molecule has 2 N–H and O–H groups in total. The van der Waals surface area contributed by atoms with Crippen LogP contribution in [-0.4, -0.2) is 31.1 Å². The van der Waals surface area contributed by atoms with Gasteiger partial charge in [-0.15, -0.1) is 0 Å². The van der Waals surface area contributed by atoms with E-state index in [9.17, 15) is 13.2 Å². The second-order valence-electron chi connectivity index (χ2n) is 7.62. The lowest BCUT2D eigenvalue weighted by Crippen LogP contribution is -2.43. The molecule has 1 amide bonds. The minimum Gasteiger partial charge on any atom is -0.425 e. The molecule has 3 aromatic carbocycles. The van der Waals surface area contributed by atoms with Gasteiger partial charge in [0.25, 0.3) is 0 Å². The molecule has 8 heteroatoms. The first-order chi connectivity index (χ1) is 15.3. The molecular weight excluding hydrogens is 448 g/mol. The van der Waals surface area contributed by atoms with Crippen LogP contribution in [0.5, 0.6) is 0 Å². The molecule has 0 bridgehead atoms. The van der Waals surface area contributed by atoms with Crippen LogP contribution in [-0.2, 0) is 27.6 Å². The summed E-state index contributed by atoms with van der Waals surface area (Å²) in [6.07, 6.45) is -1.17. The summed E-state index contributed by atoms with van der Waals surface area (Å²) < 4.78 is 32.8. The van der Waals surface area contributed by atoms with E-state index in [0.29, 0.717) is 23.4 Å². The Hall–Kier alpha value is -2.87. The zero-order chi connectivity index (χ0) is 22.7. The lowest BCUT2D eigenvalue weighted by atomic mass is 10.00. The highest BCUT2D eigenvalue weighted by molar-refractivity contribution is 7.89. The van der Waals surface area contributed by atoms with Crippen molar-refractivity contribution in [2.75, 3.05) is 12.3 Å². The van der Waals surface area contributed by atoms with Crippen LogP contribution in [0.1, 0.15) is 22.9 Å². The zero-order valence-electron chi connectivity index (χ0n) is 17.3. The van der Waals surface area contributed by atoms with Gasteiger partial charge in [0, 0.05) is 17.1 Å². The summed E-state index contributed by atoms with van der Waals surface area (Å²) in [5.41, 5.74) is 9.78. The average molecular weight is 471 g/mol. The van der Waals surface area contributed by atoms with E-state index in [2.05, 4.69) is 0 Å². The maximum atomic E-state index is 13.2. The third-order valence-electron chi connectivity index (χ3n) is 5.55. The number of ether oxygens (including phenoxy) is 1. The summed E-state index contributed by atoms with van der Waals surface area (Å²) in [6, 6.07) is 22.6. The van der Waals surface area contributed by atoms with Crippen LogP contribution in [0.25, 0.3) is 11.1 Å². The second kappa shape index (κ2) is 9.32. The quantitative estimate of drug-likeness (QED) is 0.573. The predicted octanol–water partition coefficient (Wildman–Crippen LogP) is 4.53. The van der Waals surface area contributed by atoms with Crippen LogP contribution in [0.15, 0.2) is 72.8 Å². The van der Waals surface area contributed by atoms with E-state index in [4.69, 9.17) is 22.1 Å². The third-order valence-corrected chi connectivity index (χ3v) is 7.61. The summed E-state index contributed by atoms with van der Waals surface area (Å²) in [4.78, 5) is 11.5. The molecule has 0 spiro atoms. The number of nitrogens with zero attached hydrogens (tertiary/aromatic N) is 1. The van der Waals surface area contributed by atoms with Crippen LogP contribution >= 0.6 is 11.6 Å². The van der Waals surface area contributed by atoms with Crippen molar-refractivity contribution in [3.05, 3.63) is 94.5 Å². The number of carbonyl (C=O) groups excluding carboxylic acids is 1. The highest BCUT2D eigenvalue weighted by atomic mass is 35.5. The predicted molar refractivity (Wildman–Crippen MR) is 125 cm³/mol. The number of hydrogen-bond acceptors (Lipinski definition) is 4. The second-order valence-corrected chi connectivity index (χ2v) is 10.1. The minimum absolute atomic E-state index is 0.103. The van der Waals surface area contributed by atoms with E-state index in [0.717, 1.165) is 22.3 Å². The van der Waals surface area contributed by atoms with Crippen LogP contribution in [0.2, 0.25) is 5.02 Å². The maximum absolute atomic E-state index is 13.2. The molecule has 166 valence electrons. The van der Waals surface area contributed by atoms with E-state index in [1.807, 2.05) is 60.7 Å². The van der Waals surface area contributed by atoms with Gasteiger partial charge in [-0.25, -0.2) is 13.2 Å². The third kappa shape index (κ3) is 4.96. The van der Waals surface area contributed by atoms with Gasteiger partial charge >= 0.3 is 6.09 Å². The Morgan fingerprint density at radius 1 is 1.00 bits per heavy atom. The number of fused-ring (bicyclic) bond motifs is 1. The number of sulfonamides is 1. The molecule has 0 fully saturated rings. The summed E-state index contributed by atoms with van der Waals surface area (Å²) >= 11 is 5.94. The van der Waals surface area contributed by atoms with Crippen molar-refractivity contribution in [1.29, 1.82) is 0 Å². The highest BCUT2D eigenvalue weighted by Crippen LogP contribution is 2.33. The molecule has 6 nitrogen and oxygen atoms in total. The van der Waals surface area contributed by atoms with Gasteiger partial charge in [0.2, 0.25) is 10.0 Å². The van der Waals surface area contributed by atoms with Crippen LogP contribution in [0.3, 0.4) is 0 Å². The molecule has 0 unspecified atom stereocenters. The number of amides is 1. The van der Waals surface area contributed by atoms with Crippen molar-refractivity contribution in [1.82, 2.24) is 4.31 Å². The lowest BCUT2D eigenvalue weighted by molar-refractivity contribution is 0.0295. The van der Waals surface area contributed by atoms with E-state index in [1.165, 1.54) is 4.31 Å². The molecule has 0 aromatic heterocycles. The summed E-state index contributed by atoms with van der Waals surface area (Å²) in [5.74, 6) is -0.103. The fraction of sp³-hybridized carbons (Fsp3) is 0.208. The summed E-state index contributed by atoms with van der Waals surface area (Å²) in [7, 11) is -3.70. The van der Waals surface area contributed by atoms with Gasteiger partial charge < -0.3 is 10.5 Å². The number of halogens is 1. The van der Waals surface area contributed by atoms with Crippen molar-refractivity contribution in [3.8, 4) is 11.1 Å². The number of rotatable bonds is 6. The Balaban J connectivity index is 1.49. The van der Waals surface area contributed by atoms with E-state index in [-0.39, 0.29) is 12.3 Å². The fourth-order valence-electron chi connectivity index (χ4n) is 3.89. The highest BCUT2D eigenvalue weighted by Gasteiger charge is 2.37. The van der Waals surface area contributed by atoms with E-state index < -0.39 is 22.3 Å². The molecular formula is C24H23ClN2O4S. The molecule has 3 aromatic rings. The standard InChI is InChI=1S/C24H23ClN2O4S/c25-21-11-9-19(10-12-21)18-7-5-17(6-8-18)14-16-32(29,30)27-15-13-20-3-1-2-4-22(20)23(27)31-24(26)28/h1-12,23H,13-16H2,(H2,26,28)/t23-/m1/s1. The summed E-state index contributed by atoms with van der Waals surface area (Å²) in [5, 5.41) is 0.675. The molecule has 0 radical (unpaired) electrons. The largest absolute Gasteiger partial charge is 0.425 e. The smallest absolute Gasteiger partial charge is 0.406 e. The van der Waals surface area contributed by atoms with Gasteiger partial charge in [0.1, 0.15) is 0 Å². The van der Waals surface area contributed by atoms with Gasteiger partial charge in [0.05, 0.1) is 5.75 Å². The molecule has 1 atom stereocenters. The number of benzene rings is 3. The van der Waals surface area contributed by atoms with Gasteiger partial charge in [0.15, 0.2) is 6.23 Å².